The van der Waals surface area contributed by atoms with Crippen molar-refractivity contribution in [3.05, 3.63) is 35.4 Å². The Kier molecular flexibility index (Phi) is 4.69. The maximum Gasteiger partial charge on any atom is 0.242 e. The second-order valence-electron chi connectivity index (χ2n) is 3.80. The zero-order valence-electron chi connectivity index (χ0n) is 8.92. The second kappa shape index (κ2) is 5.81. The van der Waals surface area contributed by atoms with Crippen LogP contribution in [0.2, 0.25) is 0 Å². The van der Waals surface area contributed by atoms with Gasteiger partial charge in [-0.1, -0.05) is 24.3 Å². The van der Waals surface area contributed by atoms with E-state index in [0.717, 1.165) is 11.1 Å². The van der Waals surface area contributed by atoms with Crippen molar-refractivity contribution in [2.45, 2.75) is 26.2 Å². The summed E-state index contributed by atoms with van der Waals surface area (Å²) < 4.78 is 24.8. The first kappa shape index (κ1) is 12.1. The van der Waals surface area contributed by atoms with Crippen molar-refractivity contribution >= 4 is 0 Å². The van der Waals surface area contributed by atoms with Crippen molar-refractivity contribution in [3.8, 4) is 0 Å². The van der Waals surface area contributed by atoms with Crippen LogP contribution in [-0.4, -0.2) is 13.0 Å². The average Bonchev–Trinajstić information content (AvgIpc) is 2.21. The van der Waals surface area contributed by atoms with Gasteiger partial charge in [0.05, 0.1) is 0 Å². The van der Waals surface area contributed by atoms with Crippen molar-refractivity contribution in [2.24, 2.45) is 11.7 Å². The molecule has 0 fully saturated rings. The molecule has 2 N–H and O–H groups in total. The molecule has 0 radical (unpaired) electrons. The van der Waals surface area contributed by atoms with E-state index in [-0.39, 0.29) is 6.54 Å². The van der Waals surface area contributed by atoms with Gasteiger partial charge in [-0.15, -0.1) is 0 Å². The largest absolute Gasteiger partial charge is 0.330 e. The average molecular weight is 213 g/mol. The Morgan fingerprint density at radius 1 is 1.27 bits per heavy atom. The molecule has 1 aromatic carbocycles. The molecule has 1 rings (SSSR count). The van der Waals surface area contributed by atoms with Crippen molar-refractivity contribution in [2.75, 3.05) is 6.54 Å². The van der Waals surface area contributed by atoms with Crippen LogP contribution in [0.1, 0.15) is 17.5 Å². The Balaban J connectivity index is 2.53. The van der Waals surface area contributed by atoms with E-state index in [1.165, 1.54) is 0 Å². The van der Waals surface area contributed by atoms with Crippen LogP contribution in [-0.2, 0) is 6.42 Å². The van der Waals surface area contributed by atoms with Crippen molar-refractivity contribution in [3.63, 3.8) is 0 Å². The summed E-state index contributed by atoms with van der Waals surface area (Å²) in [5.41, 5.74) is 7.59. The highest BCUT2D eigenvalue weighted by Gasteiger charge is 2.18. The monoisotopic (exact) mass is 213 g/mol. The number of hydrogen-bond acceptors (Lipinski definition) is 1. The number of benzene rings is 1. The minimum absolute atomic E-state index is 0.0591. The Morgan fingerprint density at radius 2 is 1.93 bits per heavy atom. The molecule has 0 aliphatic heterocycles. The van der Waals surface area contributed by atoms with Crippen LogP contribution in [0.15, 0.2) is 24.3 Å². The van der Waals surface area contributed by atoms with E-state index in [9.17, 15) is 8.78 Å². The van der Waals surface area contributed by atoms with Gasteiger partial charge < -0.3 is 5.73 Å². The molecule has 1 aromatic rings. The summed E-state index contributed by atoms with van der Waals surface area (Å²) in [6.45, 7) is 2.05. The molecule has 0 amide bonds. The van der Waals surface area contributed by atoms with Gasteiger partial charge in [0.1, 0.15) is 0 Å². The van der Waals surface area contributed by atoms with Crippen LogP contribution >= 0.6 is 0 Å². The van der Waals surface area contributed by atoms with E-state index < -0.39 is 12.3 Å². The number of halogens is 2. The summed E-state index contributed by atoms with van der Waals surface area (Å²) in [4.78, 5) is 0. The van der Waals surface area contributed by atoms with Crippen molar-refractivity contribution in [1.82, 2.24) is 0 Å². The van der Waals surface area contributed by atoms with Gasteiger partial charge in [0.25, 0.3) is 0 Å². The molecule has 0 aliphatic rings. The molecule has 1 nitrogen and oxygen atoms in total. The van der Waals surface area contributed by atoms with Gasteiger partial charge in [0.15, 0.2) is 0 Å². The molecule has 3 heteroatoms. The lowest BCUT2D eigenvalue weighted by Crippen LogP contribution is -2.22. The van der Waals surface area contributed by atoms with E-state index in [1.54, 1.807) is 0 Å². The standard InChI is InChI=1S/C12H17F2N/c1-9-4-2-3-5-10(9)6-7-11(8-15)12(13)14/h2-5,11-12H,6-8,15H2,1H3. The normalized spacial score (nSPS) is 13.1. The van der Waals surface area contributed by atoms with Gasteiger partial charge in [-0.05, 0) is 30.9 Å². The third kappa shape index (κ3) is 3.59. The van der Waals surface area contributed by atoms with Gasteiger partial charge >= 0.3 is 0 Å². The molecule has 0 bridgehead atoms. The van der Waals surface area contributed by atoms with Crippen LogP contribution in [0.4, 0.5) is 8.78 Å². The Morgan fingerprint density at radius 3 is 2.47 bits per heavy atom. The van der Waals surface area contributed by atoms with Gasteiger partial charge in [-0.2, -0.15) is 0 Å². The fourth-order valence-corrected chi connectivity index (χ4v) is 1.58. The third-order valence-electron chi connectivity index (χ3n) is 2.70. The molecule has 0 saturated carbocycles. The second-order valence-corrected chi connectivity index (χ2v) is 3.80. The van der Waals surface area contributed by atoms with E-state index in [1.807, 2.05) is 31.2 Å². The zero-order valence-corrected chi connectivity index (χ0v) is 8.92. The number of alkyl halides is 2. The molecule has 0 saturated heterocycles. The van der Waals surface area contributed by atoms with Crippen LogP contribution in [0.3, 0.4) is 0 Å². The zero-order chi connectivity index (χ0) is 11.3. The highest BCUT2D eigenvalue weighted by atomic mass is 19.3. The minimum Gasteiger partial charge on any atom is -0.330 e. The SMILES string of the molecule is Cc1ccccc1CCC(CN)C(F)F. The summed E-state index contributed by atoms with van der Waals surface area (Å²) in [5.74, 6) is -0.676. The Labute approximate surface area is 89.3 Å². The molecular weight excluding hydrogens is 196 g/mol. The predicted octanol–water partition coefficient (Wildman–Crippen LogP) is 2.77. The predicted molar refractivity (Wildman–Crippen MR) is 58.0 cm³/mol. The van der Waals surface area contributed by atoms with E-state index in [0.29, 0.717) is 12.8 Å². The van der Waals surface area contributed by atoms with E-state index in [2.05, 4.69) is 0 Å². The number of aryl methyl sites for hydroxylation is 2. The highest BCUT2D eigenvalue weighted by Crippen LogP contribution is 2.17. The lowest BCUT2D eigenvalue weighted by molar-refractivity contribution is 0.0769. The molecular formula is C12H17F2N. The smallest absolute Gasteiger partial charge is 0.242 e. The molecule has 1 atom stereocenters. The van der Waals surface area contributed by atoms with E-state index in [4.69, 9.17) is 5.73 Å². The van der Waals surface area contributed by atoms with Crippen LogP contribution in [0.5, 0.6) is 0 Å². The lowest BCUT2D eigenvalue weighted by Gasteiger charge is -2.14. The summed E-state index contributed by atoms with van der Waals surface area (Å²) in [7, 11) is 0. The third-order valence-corrected chi connectivity index (χ3v) is 2.70. The first-order valence-electron chi connectivity index (χ1n) is 5.18. The quantitative estimate of drug-likeness (QED) is 0.799. The number of rotatable bonds is 5. The summed E-state index contributed by atoms with van der Waals surface area (Å²) >= 11 is 0. The molecule has 0 heterocycles. The summed E-state index contributed by atoms with van der Waals surface area (Å²) in [5, 5.41) is 0. The van der Waals surface area contributed by atoms with Gasteiger partial charge in [0, 0.05) is 12.5 Å². The fraction of sp³-hybridized carbons (Fsp3) is 0.500. The summed E-state index contributed by atoms with van der Waals surface area (Å²) in [6, 6.07) is 7.86. The molecule has 0 aromatic heterocycles. The van der Waals surface area contributed by atoms with Crippen molar-refractivity contribution in [1.29, 1.82) is 0 Å². The van der Waals surface area contributed by atoms with Crippen LogP contribution in [0, 0.1) is 12.8 Å². The topological polar surface area (TPSA) is 26.0 Å². The lowest BCUT2D eigenvalue weighted by atomic mass is 9.97. The van der Waals surface area contributed by atoms with Crippen LogP contribution < -0.4 is 5.73 Å². The molecule has 15 heavy (non-hydrogen) atoms. The van der Waals surface area contributed by atoms with Crippen molar-refractivity contribution < 1.29 is 8.78 Å². The van der Waals surface area contributed by atoms with E-state index >= 15 is 0 Å². The molecule has 84 valence electrons. The van der Waals surface area contributed by atoms with Crippen LogP contribution in [0.25, 0.3) is 0 Å². The van der Waals surface area contributed by atoms with Gasteiger partial charge in [0.2, 0.25) is 6.43 Å². The summed E-state index contributed by atoms with van der Waals surface area (Å²) in [6.07, 6.45) is -1.17. The van der Waals surface area contributed by atoms with Gasteiger partial charge in [-0.3, -0.25) is 0 Å². The minimum atomic E-state index is -2.31. The van der Waals surface area contributed by atoms with Gasteiger partial charge in [-0.25, -0.2) is 8.78 Å². The first-order chi connectivity index (χ1) is 7.15. The first-order valence-corrected chi connectivity index (χ1v) is 5.18. The Hall–Kier alpha value is -0.960. The molecule has 0 spiro atoms. The highest BCUT2D eigenvalue weighted by molar-refractivity contribution is 5.25. The number of hydrogen-bond donors (Lipinski definition) is 1. The number of nitrogens with two attached hydrogens (primary N) is 1. The molecule has 1 unspecified atom stereocenters. The Bertz CT molecular complexity index is 299. The maximum atomic E-state index is 12.4. The fourth-order valence-electron chi connectivity index (χ4n) is 1.58. The maximum absolute atomic E-state index is 12.4. The molecule has 0 aliphatic carbocycles.